The minimum absolute atomic E-state index is 0.0340. The Kier molecular flexibility index (Phi) is 6.39. The summed E-state index contributed by atoms with van der Waals surface area (Å²) in [6.07, 6.45) is 1.18. The van der Waals surface area contributed by atoms with Gasteiger partial charge in [0.1, 0.15) is 11.5 Å². The Hall–Kier alpha value is -2.65. The van der Waals surface area contributed by atoms with Crippen LogP contribution in [0.2, 0.25) is 10.0 Å². The second-order valence-corrected chi connectivity index (χ2v) is 8.37. The molecule has 3 rings (SSSR count). The Bertz CT molecular complexity index is 1130. The zero-order valence-corrected chi connectivity index (χ0v) is 17.0. The molecule has 2 N–H and O–H groups in total. The molecule has 1 aromatic heterocycles. The topological polar surface area (TPSA) is 106 Å². The van der Waals surface area contributed by atoms with Crippen molar-refractivity contribution in [2.24, 2.45) is 0 Å². The zero-order chi connectivity index (χ0) is 21.0. The van der Waals surface area contributed by atoms with E-state index in [1.54, 1.807) is 6.07 Å². The Morgan fingerprint density at radius 1 is 1.03 bits per heavy atom. The lowest BCUT2D eigenvalue weighted by molar-refractivity contribution is 0.0981. The second-order valence-electron chi connectivity index (χ2n) is 5.81. The lowest BCUT2D eigenvalue weighted by Gasteiger charge is -2.10. The fourth-order valence-corrected chi connectivity index (χ4v) is 3.84. The normalized spacial score (nSPS) is 11.1. The van der Waals surface area contributed by atoms with Gasteiger partial charge in [-0.1, -0.05) is 29.3 Å². The third-order valence-corrected chi connectivity index (χ3v) is 5.43. The van der Waals surface area contributed by atoms with Crippen molar-refractivity contribution in [1.82, 2.24) is 9.71 Å². The molecule has 0 aliphatic rings. The van der Waals surface area contributed by atoms with Gasteiger partial charge in [-0.15, -0.1) is 0 Å². The molecule has 0 aliphatic carbocycles. The van der Waals surface area contributed by atoms with E-state index in [4.69, 9.17) is 33.0 Å². The maximum Gasteiger partial charge on any atom is 0.266 e. The number of hydrogen-bond acceptors (Lipinski definition) is 6. The standard InChI is InChI=1S/C19H14Cl2N2O5S/c20-13-6-14(21)8-17(7-13)28-16-2-1-3-18(9-16)29(26,27)23-19(25)12-4-5-15(11-24)22-10-12/h1-10,24H,11H2,(H,23,25). The summed E-state index contributed by atoms with van der Waals surface area (Å²) in [7, 11) is -4.16. The molecule has 0 radical (unpaired) electrons. The largest absolute Gasteiger partial charge is 0.457 e. The molecule has 3 aromatic rings. The number of pyridine rings is 1. The lowest BCUT2D eigenvalue weighted by atomic mass is 10.2. The van der Waals surface area contributed by atoms with Crippen molar-refractivity contribution in [3.63, 3.8) is 0 Å². The number of aromatic nitrogens is 1. The van der Waals surface area contributed by atoms with Gasteiger partial charge in [0, 0.05) is 22.3 Å². The number of halogens is 2. The molecule has 2 aromatic carbocycles. The monoisotopic (exact) mass is 452 g/mol. The highest BCUT2D eigenvalue weighted by Crippen LogP contribution is 2.29. The fraction of sp³-hybridized carbons (Fsp3) is 0.0526. The Labute approximate surface area is 176 Å². The average molecular weight is 453 g/mol. The molecular formula is C19H14Cl2N2O5S. The molecule has 0 atom stereocenters. The summed E-state index contributed by atoms with van der Waals surface area (Å²) >= 11 is 11.9. The van der Waals surface area contributed by atoms with Crippen LogP contribution in [0.5, 0.6) is 11.5 Å². The van der Waals surface area contributed by atoms with Crippen LogP contribution in [0.15, 0.2) is 65.7 Å². The van der Waals surface area contributed by atoms with Crippen LogP contribution in [0.4, 0.5) is 0 Å². The van der Waals surface area contributed by atoms with Gasteiger partial charge < -0.3 is 9.84 Å². The number of hydrogen-bond donors (Lipinski definition) is 2. The van der Waals surface area contributed by atoms with Crippen LogP contribution in [0.25, 0.3) is 0 Å². The van der Waals surface area contributed by atoms with E-state index in [9.17, 15) is 13.2 Å². The average Bonchev–Trinajstić information content (AvgIpc) is 2.67. The molecule has 29 heavy (non-hydrogen) atoms. The molecule has 0 saturated heterocycles. The predicted molar refractivity (Wildman–Crippen MR) is 108 cm³/mol. The number of amides is 1. The van der Waals surface area contributed by atoms with E-state index in [2.05, 4.69) is 4.98 Å². The first-order chi connectivity index (χ1) is 13.8. The van der Waals surface area contributed by atoms with Crippen molar-refractivity contribution >= 4 is 39.1 Å². The molecule has 10 heteroatoms. The van der Waals surface area contributed by atoms with Gasteiger partial charge in [0.15, 0.2) is 0 Å². The summed E-state index contributed by atoms with van der Waals surface area (Å²) < 4.78 is 32.7. The Morgan fingerprint density at radius 3 is 2.38 bits per heavy atom. The van der Waals surface area contributed by atoms with Gasteiger partial charge in [0.25, 0.3) is 15.9 Å². The highest BCUT2D eigenvalue weighted by atomic mass is 35.5. The van der Waals surface area contributed by atoms with Crippen molar-refractivity contribution in [3.05, 3.63) is 82.1 Å². The van der Waals surface area contributed by atoms with Crippen molar-refractivity contribution < 1.29 is 23.1 Å². The zero-order valence-electron chi connectivity index (χ0n) is 14.7. The SMILES string of the molecule is O=C(NS(=O)(=O)c1cccc(Oc2cc(Cl)cc(Cl)c2)c1)c1ccc(CO)nc1. The molecule has 7 nitrogen and oxygen atoms in total. The number of carbonyl (C=O) groups is 1. The number of rotatable bonds is 6. The third-order valence-electron chi connectivity index (χ3n) is 3.66. The third kappa shape index (κ3) is 5.45. The summed E-state index contributed by atoms with van der Waals surface area (Å²) in [5.74, 6) is -0.307. The van der Waals surface area contributed by atoms with Gasteiger partial charge in [-0.25, -0.2) is 13.1 Å². The van der Waals surface area contributed by atoms with Gasteiger partial charge in [-0.05, 0) is 42.5 Å². The molecule has 0 fully saturated rings. The van der Waals surface area contributed by atoms with Crippen LogP contribution in [-0.4, -0.2) is 24.4 Å². The molecule has 0 unspecified atom stereocenters. The first kappa shape index (κ1) is 21.1. The van der Waals surface area contributed by atoms with E-state index < -0.39 is 15.9 Å². The van der Waals surface area contributed by atoms with Crippen molar-refractivity contribution in [2.45, 2.75) is 11.5 Å². The summed E-state index contributed by atoms with van der Waals surface area (Å²) in [6.45, 7) is -0.287. The number of nitrogens with one attached hydrogen (secondary N) is 1. The minimum atomic E-state index is -4.16. The number of benzene rings is 2. The number of aliphatic hydroxyl groups excluding tert-OH is 1. The summed E-state index contributed by atoms with van der Waals surface area (Å²) in [6, 6.07) is 13.0. The molecule has 0 aliphatic heterocycles. The minimum Gasteiger partial charge on any atom is -0.457 e. The Morgan fingerprint density at radius 2 is 1.76 bits per heavy atom. The van der Waals surface area contributed by atoms with Crippen LogP contribution in [0.3, 0.4) is 0 Å². The Balaban J connectivity index is 1.79. The van der Waals surface area contributed by atoms with Gasteiger partial charge in [-0.2, -0.15) is 0 Å². The molecule has 0 bridgehead atoms. The molecule has 150 valence electrons. The predicted octanol–water partition coefficient (Wildman–Crippen LogP) is 3.79. The number of nitrogens with zero attached hydrogens (tertiary/aromatic N) is 1. The van der Waals surface area contributed by atoms with Crippen molar-refractivity contribution in [1.29, 1.82) is 0 Å². The quantitative estimate of drug-likeness (QED) is 0.589. The smallest absolute Gasteiger partial charge is 0.266 e. The first-order valence-electron chi connectivity index (χ1n) is 8.14. The maximum atomic E-state index is 12.6. The summed E-state index contributed by atoms with van der Waals surface area (Å²) in [5, 5.41) is 9.71. The van der Waals surface area contributed by atoms with Crippen LogP contribution in [0, 0.1) is 0 Å². The van der Waals surface area contributed by atoms with Crippen LogP contribution < -0.4 is 9.46 Å². The van der Waals surface area contributed by atoms with Crippen LogP contribution in [-0.2, 0) is 16.6 Å². The lowest BCUT2D eigenvalue weighted by Crippen LogP contribution is -2.30. The van der Waals surface area contributed by atoms with Gasteiger partial charge in [0.2, 0.25) is 0 Å². The van der Waals surface area contributed by atoms with E-state index in [0.717, 1.165) is 0 Å². The molecule has 1 amide bonds. The van der Waals surface area contributed by atoms with Crippen molar-refractivity contribution in [3.8, 4) is 11.5 Å². The number of ether oxygens (including phenoxy) is 1. The summed E-state index contributed by atoms with van der Waals surface area (Å²) in [5.41, 5.74) is 0.391. The van der Waals surface area contributed by atoms with E-state index in [1.165, 1.54) is 54.7 Å². The van der Waals surface area contributed by atoms with Gasteiger partial charge in [-0.3, -0.25) is 9.78 Å². The first-order valence-corrected chi connectivity index (χ1v) is 10.4. The van der Waals surface area contributed by atoms with E-state index in [0.29, 0.717) is 21.5 Å². The molecule has 0 saturated carbocycles. The summed E-state index contributed by atoms with van der Waals surface area (Å²) in [4.78, 5) is 15.9. The van der Waals surface area contributed by atoms with E-state index >= 15 is 0 Å². The maximum absolute atomic E-state index is 12.6. The number of aliphatic hydroxyl groups is 1. The van der Waals surface area contributed by atoms with Crippen molar-refractivity contribution in [2.75, 3.05) is 0 Å². The van der Waals surface area contributed by atoms with Gasteiger partial charge >= 0.3 is 0 Å². The van der Waals surface area contributed by atoms with E-state index in [1.807, 2.05) is 4.72 Å². The number of carbonyl (C=O) groups excluding carboxylic acids is 1. The highest BCUT2D eigenvalue weighted by molar-refractivity contribution is 7.90. The van der Waals surface area contributed by atoms with E-state index in [-0.39, 0.29) is 22.8 Å². The molecule has 0 spiro atoms. The van der Waals surface area contributed by atoms with Crippen LogP contribution in [0.1, 0.15) is 16.1 Å². The molecule has 1 heterocycles. The fourth-order valence-electron chi connectivity index (χ4n) is 2.32. The van der Waals surface area contributed by atoms with Crippen LogP contribution >= 0.6 is 23.2 Å². The molecular weight excluding hydrogens is 439 g/mol. The number of sulfonamides is 1. The van der Waals surface area contributed by atoms with Gasteiger partial charge in [0.05, 0.1) is 22.8 Å². The second kappa shape index (κ2) is 8.79. The highest BCUT2D eigenvalue weighted by Gasteiger charge is 2.20.